The van der Waals surface area contributed by atoms with Gasteiger partial charge in [0.15, 0.2) is 0 Å². The molecule has 0 aromatic carbocycles. The monoisotopic (exact) mass is 113 g/mol. The van der Waals surface area contributed by atoms with Crippen LogP contribution in [0.25, 0.3) is 0 Å². The number of ether oxygens (including phenoxy) is 1. The summed E-state index contributed by atoms with van der Waals surface area (Å²) in [6, 6.07) is 0. The highest BCUT2D eigenvalue weighted by molar-refractivity contribution is 5.74. The standard InChI is InChI=1S/C5H7NO2/c1-2-3-8-4-5(6)7/h1H,3-4H2,(H2,6,7). The lowest BCUT2D eigenvalue weighted by atomic mass is 10.7. The fourth-order valence-electron chi connectivity index (χ4n) is 0.211. The molecule has 0 aromatic rings. The van der Waals surface area contributed by atoms with E-state index in [1.54, 1.807) is 0 Å². The van der Waals surface area contributed by atoms with Crippen molar-refractivity contribution >= 4 is 5.91 Å². The number of nitrogens with two attached hydrogens (primary N) is 1. The van der Waals surface area contributed by atoms with Crippen LogP contribution in [0.3, 0.4) is 0 Å². The Hall–Kier alpha value is -1.01. The van der Waals surface area contributed by atoms with Gasteiger partial charge >= 0.3 is 0 Å². The van der Waals surface area contributed by atoms with Crippen molar-refractivity contribution in [3.63, 3.8) is 0 Å². The summed E-state index contributed by atoms with van der Waals surface area (Å²) in [5.74, 6) is 1.69. The fraction of sp³-hybridized carbons (Fsp3) is 0.400. The van der Waals surface area contributed by atoms with E-state index in [0.717, 1.165) is 0 Å². The molecule has 0 aliphatic rings. The minimum absolute atomic E-state index is 0.0931. The average Bonchev–Trinajstić information content (AvgIpc) is 1.66. The summed E-state index contributed by atoms with van der Waals surface area (Å²) < 4.78 is 4.53. The average molecular weight is 113 g/mol. The van der Waals surface area contributed by atoms with Gasteiger partial charge in [-0.15, -0.1) is 6.42 Å². The summed E-state index contributed by atoms with van der Waals surface area (Å²) in [4.78, 5) is 9.90. The predicted octanol–water partition coefficient (Wildman–Crippen LogP) is -0.879. The molecule has 0 saturated carbocycles. The predicted molar refractivity (Wildman–Crippen MR) is 28.8 cm³/mol. The van der Waals surface area contributed by atoms with E-state index >= 15 is 0 Å². The Morgan fingerprint density at radius 2 is 2.50 bits per heavy atom. The van der Waals surface area contributed by atoms with Crippen LogP contribution in [0.5, 0.6) is 0 Å². The van der Waals surface area contributed by atoms with Gasteiger partial charge in [0.1, 0.15) is 13.2 Å². The molecule has 8 heavy (non-hydrogen) atoms. The molecule has 3 heteroatoms. The Kier molecular flexibility index (Phi) is 3.63. The molecule has 1 amide bonds. The van der Waals surface area contributed by atoms with Gasteiger partial charge in [0, 0.05) is 0 Å². The molecule has 44 valence electrons. The molecule has 0 saturated heterocycles. The maximum absolute atomic E-state index is 9.90. The summed E-state index contributed by atoms with van der Waals surface area (Å²) in [7, 11) is 0. The molecule has 0 atom stereocenters. The van der Waals surface area contributed by atoms with Crippen molar-refractivity contribution in [1.82, 2.24) is 0 Å². The van der Waals surface area contributed by atoms with Gasteiger partial charge in [0.25, 0.3) is 0 Å². The van der Waals surface area contributed by atoms with Crippen LogP contribution in [-0.2, 0) is 9.53 Å². The number of hydrogen-bond acceptors (Lipinski definition) is 2. The highest BCUT2D eigenvalue weighted by Crippen LogP contribution is 1.67. The number of carbonyl (C=O) groups excluding carboxylic acids is 1. The largest absolute Gasteiger partial charge is 0.368 e. The molecule has 0 spiro atoms. The van der Waals surface area contributed by atoms with Crippen LogP contribution < -0.4 is 5.73 Å². The van der Waals surface area contributed by atoms with E-state index in [1.807, 2.05) is 0 Å². The van der Waals surface area contributed by atoms with E-state index in [-0.39, 0.29) is 13.2 Å². The van der Waals surface area contributed by atoms with E-state index in [9.17, 15) is 4.79 Å². The first kappa shape index (κ1) is 6.99. The number of hydrogen-bond donors (Lipinski definition) is 1. The van der Waals surface area contributed by atoms with Crippen molar-refractivity contribution in [3.8, 4) is 12.3 Å². The van der Waals surface area contributed by atoms with Crippen molar-refractivity contribution in [2.75, 3.05) is 13.2 Å². The second kappa shape index (κ2) is 4.16. The van der Waals surface area contributed by atoms with Crippen LogP contribution in [0, 0.1) is 12.3 Å². The number of carbonyl (C=O) groups is 1. The minimum atomic E-state index is -0.500. The lowest BCUT2D eigenvalue weighted by molar-refractivity contribution is -0.122. The van der Waals surface area contributed by atoms with Crippen molar-refractivity contribution in [3.05, 3.63) is 0 Å². The van der Waals surface area contributed by atoms with E-state index in [4.69, 9.17) is 12.2 Å². The second-order valence-corrected chi connectivity index (χ2v) is 1.16. The molecule has 0 rings (SSSR count). The summed E-state index contributed by atoms with van der Waals surface area (Å²) in [5.41, 5.74) is 4.70. The summed E-state index contributed by atoms with van der Waals surface area (Å²) in [6.45, 7) is 0.0488. The molecule has 0 fully saturated rings. The first-order chi connectivity index (χ1) is 3.77. The van der Waals surface area contributed by atoms with E-state index in [0.29, 0.717) is 0 Å². The van der Waals surface area contributed by atoms with Gasteiger partial charge in [-0.2, -0.15) is 0 Å². The molecular formula is C5H7NO2. The molecular weight excluding hydrogens is 106 g/mol. The molecule has 0 aromatic heterocycles. The van der Waals surface area contributed by atoms with Crippen molar-refractivity contribution in [2.45, 2.75) is 0 Å². The highest BCUT2D eigenvalue weighted by atomic mass is 16.5. The first-order valence-electron chi connectivity index (χ1n) is 2.07. The molecule has 0 heterocycles. The smallest absolute Gasteiger partial charge is 0.243 e. The SMILES string of the molecule is C#CCOCC(N)=O. The minimum Gasteiger partial charge on any atom is -0.368 e. The molecule has 0 unspecified atom stereocenters. The van der Waals surface area contributed by atoms with Crippen molar-refractivity contribution < 1.29 is 9.53 Å². The van der Waals surface area contributed by atoms with Crippen molar-refractivity contribution in [1.29, 1.82) is 0 Å². The van der Waals surface area contributed by atoms with Crippen LogP contribution in [0.4, 0.5) is 0 Å². The molecule has 3 nitrogen and oxygen atoms in total. The van der Waals surface area contributed by atoms with Crippen LogP contribution in [0.15, 0.2) is 0 Å². The van der Waals surface area contributed by atoms with Gasteiger partial charge < -0.3 is 10.5 Å². The Balaban J connectivity index is 2.97. The van der Waals surface area contributed by atoms with Gasteiger partial charge in [-0.1, -0.05) is 5.92 Å². The first-order valence-corrected chi connectivity index (χ1v) is 2.07. The van der Waals surface area contributed by atoms with Gasteiger partial charge in [-0.05, 0) is 0 Å². The van der Waals surface area contributed by atoms with Gasteiger partial charge in [0.05, 0.1) is 0 Å². The third kappa shape index (κ3) is 4.99. The van der Waals surface area contributed by atoms with E-state index in [2.05, 4.69) is 10.7 Å². The van der Waals surface area contributed by atoms with E-state index < -0.39 is 5.91 Å². The number of amides is 1. The summed E-state index contributed by atoms with van der Waals surface area (Å²) in [6.07, 6.45) is 4.79. The Morgan fingerprint density at radius 1 is 1.88 bits per heavy atom. The van der Waals surface area contributed by atoms with Gasteiger partial charge in [0.2, 0.25) is 5.91 Å². The Bertz CT molecular complexity index is 114. The van der Waals surface area contributed by atoms with Crippen molar-refractivity contribution in [2.24, 2.45) is 5.73 Å². The normalized spacial score (nSPS) is 7.88. The van der Waals surface area contributed by atoms with Gasteiger partial charge in [-0.25, -0.2) is 0 Å². The van der Waals surface area contributed by atoms with Crippen LogP contribution in [0.2, 0.25) is 0 Å². The van der Waals surface area contributed by atoms with Crippen LogP contribution >= 0.6 is 0 Å². The number of terminal acetylenes is 1. The summed E-state index contributed by atoms with van der Waals surface area (Å²) >= 11 is 0. The van der Waals surface area contributed by atoms with Crippen LogP contribution in [-0.4, -0.2) is 19.1 Å². The number of primary amides is 1. The lowest BCUT2D eigenvalue weighted by Gasteiger charge is -1.91. The maximum atomic E-state index is 9.90. The quantitative estimate of drug-likeness (QED) is 0.381. The van der Waals surface area contributed by atoms with E-state index in [1.165, 1.54) is 0 Å². The fourth-order valence-corrected chi connectivity index (χ4v) is 0.211. The molecule has 0 radical (unpaired) electrons. The third-order valence-corrected chi connectivity index (χ3v) is 0.430. The Morgan fingerprint density at radius 3 is 2.88 bits per heavy atom. The Labute approximate surface area is 47.8 Å². The zero-order valence-corrected chi connectivity index (χ0v) is 4.39. The summed E-state index contributed by atoms with van der Waals surface area (Å²) in [5, 5.41) is 0. The number of rotatable bonds is 3. The van der Waals surface area contributed by atoms with Crippen LogP contribution in [0.1, 0.15) is 0 Å². The zero-order chi connectivity index (χ0) is 6.41. The molecule has 2 N–H and O–H groups in total. The zero-order valence-electron chi connectivity index (χ0n) is 4.39. The lowest BCUT2D eigenvalue weighted by Crippen LogP contribution is -2.17. The highest BCUT2D eigenvalue weighted by Gasteiger charge is 1.88. The third-order valence-electron chi connectivity index (χ3n) is 0.430. The topological polar surface area (TPSA) is 52.3 Å². The molecule has 0 aliphatic carbocycles. The maximum Gasteiger partial charge on any atom is 0.243 e. The van der Waals surface area contributed by atoms with Gasteiger partial charge in [-0.3, -0.25) is 4.79 Å². The molecule has 0 aliphatic heterocycles. The second-order valence-electron chi connectivity index (χ2n) is 1.16. The molecule has 0 bridgehead atoms.